The van der Waals surface area contributed by atoms with Gasteiger partial charge in [0.25, 0.3) is 5.91 Å². The zero-order valence-corrected chi connectivity index (χ0v) is 16.1. The van der Waals surface area contributed by atoms with Gasteiger partial charge in [0.15, 0.2) is 0 Å². The third-order valence-electron chi connectivity index (χ3n) is 7.03. The van der Waals surface area contributed by atoms with Gasteiger partial charge in [0.2, 0.25) is 5.91 Å². The largest absolute Gasteiger partial charge is 0.324 e. The second-order valence-electron chi connectivity index (χ2n) is 9.24. The third kappa shape index (κ3) is 3.34. The van der Waals surface area contributed by atoms with Gasteiger partial charge in [0.05, 0.1) is 0 Å². The summed E-state index contributed by atoms with van der Waals surface area (Å²) in [5.41, 5.74) is 6.89. The molecule has 0 spiro atoms. The van der Waals surface area contributed by atoms with Crippen molar-refractivity contribution in [2.24, 2.45) is 23.2 Å². The van der Waals surface area contributed by atoms with Gasteiger partial charge in [-0.15, -0.1) is 0 Å². The highest BCUT2D eigenvalue weighted by atomic mass is 16.2. The summed E-state index contributed by atoms with van der Waals surface area (Å²) in [7, 11) is 0. The van der Waals surface area contributed by atoms with E-state index in [9.17, 15) is 9.59 Å². The highest BCUT2D eigenvalue weighted by Gasteiger charge is 2.51. The van der Waals surface area contributed by atoms with Crippen LogP contribution in [0.15, 0.2) is 48.8 Å². The molecule has 1 aromatic heterocycles. The van der Waals surface area contributed by atoms with Gasteiger partial charge in [-0.1, -0.05) is 6.07 Å². The van der Waals surface area contributed by atoms with Crippen LogP contribution in [-0.4, -0.2) is 16.4 Å². The molecule has 2 aromatic rings. The Hall–Kier alpha value is -2.56. The Bertz CT molecular complexity index is 852. The summed E-state index contributed by atoms with van der Waals surface area (Å²) in [5, 5.41) is 0. The number of rotatable bonds is 4. The van der Waals surface area contributed by atoms with E-state index in [0.29, 0.717) is 12.0 Å². The van der Waals surface area contributed by atoms with Crippen molar-refractivity contribution in [3.05, 3.63) is 54.4 Å². The van der Waals surface area contributed by atoms with Crippen LogP contribution >= 0.6 is 0 Å². The van der Waals surface area contributed by atoms with E-state index in [0.717, 1.165) is 23.4 Å². The molecule has 5 nitrogen and oxygen atoms in total. The van der Waals surface area contributed by atoms with E-state index < -0.39 is 0 Å². The van der Waals surface area contributed by atoms with E-state index in [-0.39, 0.29) is 17.2 Å². The van der Waals surface area contributed by atoms with E-state index >= 15 is 0 Å². The zero-order valence-electron chi connectivity index (χ0n) is 16.1. The van der Waals surface area contributed by atoms with Gasteiger partial charge in [0, 0.05) is 30.1 Å². The van der Waals surface area contributed by atoms with Gasteiger partial charge < -0.3 is 4.57 Å². The molecule has 4 aliphatic carbocycles. The van der Waals surface area contributed by atoms with Crippen LogP contribution in [0.25, 0.3) is 5.69 Å². The molecular formula is C23H27N3O2. The summed E-state index contributed by atoms with van der Waals surface area (Å²) in [5.74, 6) is 2.13. The van der Waals surface area contributed by atoms with Crippen molar-refractivity contribution in [1.82, 2.24) is 15.4 Å². The molecule has 2 N–H and O–H groups in total. The normalized spacial score (nSPS) is 30.2. The van der Waals surface area contributed by atoms with Crippen LogP contribution in [0.1, 0.15) is 55.3 Å². The number of carbonyl (C=O) groups excluding carboxylic acids is 2. The lowest BCUT2D eigenvalue weighted by atomic mass is 9.49. The van der Waals surface area contributed by atoms with E-state index in [1.54, 1.807) is 6.07 Å². The van der Waals surface area contributed by atoms with Crippen molar-refractivity contribution in [2.75, 3.05) is 0 Å². The topological polar surface area (TPSA) is 63.1 Å². The SMILES string of the molecule is O=C(CC12CC3CC(CC(C3)C1)C2)NNC(=O)c1cccc(-n2cccc2)c1. The van der Waals surface area contributed by atoms with E-state index in [1.807, 2.05) is 47.3 Å². The molecule has 0 radical (unpaired) electrons. The summed E-state index contributed by atoms with van der Waals surface area (Å²) < 4.78 is 1.95. The highest BCUT2D eigenvalue weighted by Crippen LogP contribution is 2.61. The predicted molar refractivity (Wildman–Crippen MR) is 107 cm³/mol. The number of carbonyl (C=O) groups is 2. The summed E-state index contributed by atoms with van der Waals surface area (Å²) in [6.07, 6.45) is 12.1. The van der Waals surface area contributed by atoms with Crippen molar-refractivity contribution < 1.29 is 9.59 Å². The van der Waals surface area contributed by atoms with Crippen LogP contribution in [0, 0.1) is 23.2 Å². The maximum Gasteiger partial charge on any atom is 0.269 e. The molecule has 4 aliphatic rings. The van der Waals surface area contributed by atoms with Gasteiger partial charge in [0.1, 0.15) is 0 Å². The summed E-state index contributed by atoms with van der Waals surface area (Å²) in [6.45, 7) is 0. The first-order chi connectivity index (χ1) is 13.6. The Kier molecular flexibility index (Phi) is 4.26. The molecule has 1 aromatic carbocycles. The molecule has 2 amide bonds. The molecule has 4 fully saturated rings. The number of aromatic nitrogens is 1. The Morgan fingerprint density at radius 1 is 0.929 bits per heavy atom. The number of hydrazine groups is 1. The first-order valence-corrected chi connectivity index (χ1v) is 10.4. The number of benzene rings is 1. The van der Waals surface area contributed by atoms with Gasteiger partial charge in [-0.05, 0) is 92.0 Å². The van der Waals surface area contributed by atoms with E-state index in [4.69, 9.17) is 0 Å². The first-order valence-electron chi connectivity index (χ1n) is 10.4. The van der Waals surface area contributed by atoms with E-state index in [2.05, 4.69) is 10.9 Å². The minimum absolute atomic E-state index is 0.0585. The lowest BCUT2D eigenvalue weighted by molar-refractivity contribution is -0.130. The molecule has 4 saturated carbocycles. The number of amides is 2. The standard InChI is InChI=1S/C23H27N3O2/c27-21(15-23-12-16-8-17(13-23)10-18(9-16)14-23)24-25-22(28)19-4-3-5-20(11-19)26-6-1-2-7-26/h1-7,11,16-18H,8-10,12-15H2,(H,24,27)(H,25,28). The molecule has 6 rings (SSSR count). The average Bonchev–Trinajstić information content (AvgIpc) is 3.19. The monoisotopic (exact) mass is 377 g/mol. The van der Waals surface area contributed by atoms with Gasteiger partial charge in [-0.3, -0.25) is 20.4 Å². The molecular weight excluding hydrogens is 350 g/mol. The quantitative estimate of drug-likeness (QED) is 0.795. The maximum atomic E-state index is 12.6. The molecule has 0 saturated heterocycles. The fourth-order valence-corrected chi connectivity index (χ4v) is 6.40. The Morgan fingerprint density at radius 2 is 1.57 bits per heavy atom. The Morgan fingerprint density at radius 3 is 2.21 bits per heavy atom. The third-order valence-corrected chi connectivity index (χ3v) is 7.03. The van der Waals surface area contributed by atoms with Crippen molar-refractivity contribution in [3.8, 4) is 5.69 Å². The number of nitrogens with one attached hydrogen (secondary N) is 2. The first kappa shape index (κ1) is 17.5. The van der Waals surface area contributed by atoms with Crippen LogP contribution in [0.2, 0.25) is 0 Å². The van der Waals surface area contributed by atoms with Crippen molar-refractivity contribution in [1.29, 1.82) is 0 Å². The highest BCUT2D eigenvalue weighted by molar-refractivity contribution is 5.95. The van der Waals surface area contributed by atoms with Crippen LogP contribution < -0.4 is 10.9 Å². The Balaban J connectivity index is 1.19. The van der Waals surface area contributed by atoms with Gasteiger partial charge in [-0.2, -0.15) is 0 Å². The second-order valence-corrected chi connectivity index (χ2v) is 9.24. The average molecular weight is 377 g/mol. The Labute approximate surface area is 165 Å². The minimum atomic E-state index is -0.284. The lowest BCUT2D eigenvalue weighted by Gasteiger charge is -2.56. The molecule has 1 heterocycles. The van der Waals surface area contributed by atoms with Crippen LogP contribution in [0.5, 0.6) is 0 Å². The number of hydrogen-bond acceptors (Lipinski definition) is 2. The molecule has 0 aliphatic heterocycles. The number of nitrogens with zero attached hydrogens (tertiary/aromatic N) is 1. The molecule has 0 unspecified atom stereocenters. The van der Waals surface area contributed by atoms with E-state index in [1.165, 1.54) is 38.5 Å². The second kappa shape index (κ2) is 6.80. The van der Waals surface area contributed by atoms with Crippen LogP contribution in [-0.2, 0) is 4.79 Å². The molecule has 28 heavy (non-hydrogen) atoms. The molecule has 4 bridgehead atoms. The molecule has 146 valence electrons. The van der Waals surface area contributed by atoms with Crippen molar-refractivity contribution >= 4 is 11.8 Å². The molecule has 0 atom stereocenters. The van der Waals surface area contributed by atoms with Gasteiger partial charge in [-0.25, -0.2) is 0 Å². The van der Waals surface area contributed by atoms with Gasteiger partial charge >= 0.3 is 0 Å². The molecule has 5 heteroatoms. The summed E-state index contributed by atoms with van der Waals surface area (Å²) >= 11 is 0. The van der Waals surface area contributed by atoms with Crippen LogP contribution in [0.3, 0.4) is 0 Å². The maximum absolute atomic E-state index is 12.6. The smallest absolute Gasteiger partial charge is 0.269 e. The fraction of sp³-hybridized carbons (Fsp3) is 0.478. The summed E-state index contributed by atoms with van der Waals surface area (Å²) in [4.78, 5) is 25.1. The van der Waals surface area contributed by atoms with Crippen molar-refractivity contribution in [3.63, 3.8) is 0 Å². The minimum Gasteiger partial charge on any atom is -0.324 e. The fourth-order valence-electron chi connectivity index (χ4n) is 6.40. The van der Waals surface area contributed by atoms with Crippen molar-refractivity contribution in [2.45, 2.75) is 44.9 Å². The predicted octanol–water partition coefficient (Wildman–Crippen LogP) is 3.84. The zero-order chi connectivity index (χ0) is 19.1. The van der Waals surface area contributed by atoms with Crippen LogP contribution in [0.4, 0.5) is 0 Å². The lowest BCUT2D eigenvalue weighted by Crippen LogP contribution is -2.50. The number of hydrogen-bond donors (Lipinski definition) is 2. The summed E-state index contributed by atoms with van der Waals surface area (Å²) in [6, 6.07) is 11.3.